The molecule has 2 aromatic heterocycles. The Balaban J connectivity index is 1.12. The van der Waals surface area contributed by atoms with Crippen LogP contribution in [-0.4, -0.2) is 9.13 Å². The largest absolute Gasteiger partial charge is 0.309 e. The van der Waals surface area contributed by atoms with Crippen molar-refractivity contribution in [1.29, 1.82) is 0 Å². The number of rotatable bonds is 2. The highest BCUT2D eigenvalue weighted by Crippen LogP contribution is 2.52. The molecule has 238 valence electrons. The summed E-state index contributed by atoms with van der Waals surface area (Å²) < 4.78 is 4.93. The lowest BCUT2D eigenvalue weighted by Crippen LogP contribution is -2.15. The van der Waals surface area contributed by atoms with E-state index in [1.165, 1.54) is 99.5 Å². The van der Waals surface area contributed by atoms with Crippen LogP contribution in [0.4, 0.5) is 0 Å². The molecule has 0 spiro atoms. The van der Waals surface area contributed by atoms with E-state index in [9.17, 15) is 0 Å². The summed E-state index contributed by atoms with van der Waals surface area (Å²) >= 11 is 0. The van der Waals surface area contributed by atoms with Crippen molar-refractivity contribution in [3.8, 4) is 33.6 Å². The molecule has 9 aromatic rings. The molecule has 2 nitrogen and oxygen atoms in total. The van der Waals surface area contributed by atoms with Gasteiger partial charge in [0, 0.05) is 43.7 Å². The quantitative estimate of drug-likeness (QED) is 0.178. The number of benzene rings is 7. The highest BCUT2D eigenvalue weighted by Gasteiger charge is 2.37. The zero-order chi connectivity index (χ0) is 33.5. The molecule has 7 aromatic carbocycles. The molecule has 0 N–H and O–H groups in total. The minimum atomic E-state index is -0.0576. The lowest BCUT2D eigenvalue weighted by Gasteiger charge is -2.22. The summed E-state index contributed by atoms with van der Waals surface area (Å²) in [6, 6.07) is 54.6. The molecule has 0 aliphatic heterocycles. The first-order valence-corrected chi connectivity index (χ1v) is 17.8. The molecule has 2 heteroatoms. The smallest absolute Gasteiger partial charge is 0.0544 e. The summed E-state index contributed by atoms with van der Waals surface area (Å²) in [6.45, 7) is 9.47. The number of para-hydroxylation sites is 2. The van der Waals surface area contributed by atoms with Gasteiger partial charge in [0.05, 0.1) is 22.1 Å². The van der Waals surface area contributed by atoms with Gasteiger partial charge >= 0.3 is 0 Å². The minimum Gasteiger partial charge on any atom is -0.309 e. The summed E-state index contributed by atoms with van der Waals surface area (Å²) in [4.78, 5) is 0. The Morgan fingerprint density at radius 1 is 0.320 bits per heavy atom. The molecule has 2 heterocycles. The van der Waals surface area contributed by atoms with Crippen LogP contribution in [0.2, 0.25) is 0 Å². The van der Waals surface area contributed by atoms with Gasteiger partial charge in [-0.3, -0.25) is 0 Å². The van der Waals surface area contributed by atoms with E-state index in [1.807, 2.05) is 0 Å². The molecule has 0 unspecified atom stereocenters. The van der Waals surface area contributed by atoms with Gasteiger partial charge in [-0.05, 0) is 105 Å². The minimum absolute atomic E-state index is 0.0576. The van der Waals surface area contributed by atoms with Crippen molar-refractivity contribution in [2.75, 3.05) is 0 Å². The van der Waals surface area contributed by atoms with Crippen LogP contribution in [0.25, 0.3) is 77.2 Å². The zero-order valence-corrected chi connectivity index (χ0v) is 28.8. The summed E-state index contributed by atoms with van der Waals surface area (Å²) in [5, 5.41) is 5.18. The standard InChI is InChI=1S/C48H36N2/c1-47(2)39-17-9-5-13-31(39)35-25-37-33-15-7-11-19-43(33)49(45(37)27-41(35)47)29-21-23-30(24-22-29)50-44-20-12-8-16-34(44)38-26-36-32-14-6-10-18-40(32)48(3,4)42(36)28-46(38)50/h5-28H,1-4H3. The van der Waals surface area contributed by atoms with Gasteiger partial charge in [0.2, 0.25) is 0 Å². The molecule has 0 radical (unpaired) electrons. The molecule has 11 rings (SSSR count). The second kappa shape index (κ2) is 9.43. The van der Waals surface area contributed by atoms with Gasteiger partial charge in [0.1, 0.15) is 0 Å². The van der Waals surface area contributed by atoms with Gasteiger partial charge in [0.25, 0.3) is 0 Å². The molecule has 0 fully saturated rings. The van der Waals surface area contributed by atoms with Crippen LogP contribution in [0.1, 0.15) is 49.9 Å². The van der Waals surface area contributed by atoms with Crippen molar-refractivity contribution in [3.05, 3.63) is 168 Å². The van der Waals surface area contributed by atoms with E-state index in [0.717, 1.165) is 0 Å². The third-order valence-corrected chi connectivity index (χ3v) is 12.1. The average molecular weight is 641 g/mol. The molecular formula is C48H36N2. The first-order valence-electron chi connectivity index (χ1n) is 17.8. The first kappa shape index (κ1) is 28.0. The second-order valence-corrected chi connectivity index (χ2v) is 15.4. The lowest BCUT2D eigenvalue weighted by atomic mass is 9.82. The number of nitrogens with zero attached hydrogens (tertiary/aromatic N) is 2. The molecule has 2 aliphatic carbocycles. The fraction of sp³-hybridized carbons (Fsp3) is 0.125. The molecule has 2 aliphatic rings. The van der Waals surface area contributed by atoms with Crippen LogP contribution in [0.15, 0.2) is 146 Å². The second-order valence-electron chi connectivity index (χ2n) is 15.4. The van der Waals surface area contributed by atoms with E-state index in [2.05, 4.69) is 182 Å². The number of hydrogen-bond acceptors (Lipinski definition) is 0. The highest BCUT2D eigenvalue weighted by molar-refractivity contribution is 6.13. The van der Waals surface area contributed by atoms with E-state index in [4.69, 9.17) is 0 Å². The summed E-state index contributed by atoms with van der Waals surface area (Å²) in [6.07, 6.45) is 0. The van der Waals surface area contributed by atoms with E-state index >= 15 is 0 Å². The van der Waals surface area contributed by atoms with Crippen LogP contribution >= 0.6 is 0 Å². The van der Waals surface area contributed by atoms with Crippen molar-refractivity contribution in [2.45, 2.75) is 38.5 Å². The van der Waals surface area contributed by atoms with Crippen molar-refractivity contribution in [3.63, 3.8) is 0 Å². The van der Waals surface area contributed by atoms with E-state index in [1.54, 1.807) is 0 Å². The third kappa shape index (κ3) is 3.43. The normalized spacial score (nSPS) is 15.1. The van der Waals surface area contributed by atoms with E-state index < -0.39 is 0 Å². The summed E-state index contributed by atoms with van der Waals surface area (Å²) in [5.41, 5.74) is 18.3. The summed E-state index contributed by atoms with van der Waals surface area (Å²) in [5.74, 6) is 0. The van der Waals surface area contributed by atoms with Crippen LogP contribution in [0.5, 0.6) is 0 Å². The molecule has 0 bridgehead atoms. The van der Waals surface area contributed by atoms with Gasteiger partial charge in [0.15, 0.2) is 0 Å². The topological polar surface area (TPSA) is 9.86 Å². The predicted octanol–water partition coefficient (Wildman–Crippen LogP) is 12.5. The SMILES string of the molecule is CC1(C)c2ccccc2-c2cc3c4ccccc4n(-c4ccc(-n5c6ccccc6c6cc7c(cc65)C(C)(C)c5ccccc5-7)cc4)c3cc21. The van der Waals surface area contributed by atoms with E-state index in [-0.39, 0.29) is 10.8 Å². The Morgan fingerprint density at radius 2 is 0.700 bits per heavy atom. The zero-order valence-electron chi connectivity index (χ0n) is 28.8. The Bertz CT molecular complexity index is 2710. The average Bonchev–Trinajstić information content (AvgIpc) is 3.79. The molecule has 0 amide bonds. The highest BCUT2D eigenvalue weighted by atomic mass is 15.0. The van der Waals surface area contributed by atoms with Gasteiger partial charge in [-0.1, -0.05) is 113 Å². The van der Waals surface area contributed by atoms with Crippen molar-refractivity contribution in [1.82, 2.24) is 9.13 Å². The predicted molar refractivity (Wildman–Crippen MR) is 210 cm³/mol. The number of fused-ring (bicyclic) bond motifs is 12. The molecule has 0 atom stereocenters. The van der Waals surface area contributed by atoms with Crippen molar-refractivity contribution < 1.29 is 0 Å². The lowest BCUT2D eigenvalue weighted by molar-refractivity contribution is 0.661. The Kier molecular flexibility index (Phi) is 5.28. The van der Waals surface area contributed by atoms with Crippen molar-refractivity contribution in [2.24, 2.45) is 0 Å². The Morgan fingerprint density at radius 3 is 1.14 bits per heavy atom. The Labute approximate surface area is 291 Å². The maximum Gasteiger partial charge on any atom is 0.0544 e. The maximum absolute atomic E-state index is 2.46. The van der Waals surface area contributed by atoms with Gasteiger partial charge in [-0.25, -0.2) is 0 Å². The molecule has 0 saturated heterocycles. The van der Waals surface area contributed by atoms with Crippen LogP contribution in [-0.2, 0) is 10.8 Å². The van der Waals surface area contributed by atoms with Crippen LogP contribution in [0, 0.1) is 0 Å². The maximum atomic E-state index is 2.46. The first-order chi connectivity index (χ1) is 24.3. The summed E-state index contributed by atoms with van der Waals surface area (Å²) in [7, 11) is 0. The Hall–Kier alpha value is -5.86. The molecule has 50 heavy (non-hydrogen) atoms. The van der Waals surface area contributed by atoms with Crippen molar-refractivity contribution >= 4 is 43.6 Å². The van der Waals surface area contributed by atoms with Gasteiger partial charge in [-0.15, -0.1) is 0 Å². The van der Waals surface area contributed by atoms with Crippen LogP contribution < -0.4 is 0 Å². The van der Waals surface area contributed by atoms with Crippen LogP contribution in [0.3, 0.4) is 0 Å². The fourth-order valence-corrected chi connectivity index (χ4v) is 9.63. The monoisotopic (exact) mass is 640 g/mol. The molecule has 0 saturated carbocycles. The third-order valence-electron chi connectivity index (χ3n) is 12.1. The number of aromatic nitrogens is 2. The number of hydrogen-bond donors (Lipinski definition) is 0. The van der Waals surface area contributed by atoms with Gasteiger partial charge < -0.3 is 9.13 Å². The fourth-order valence-electron chi connectivity index (χ4n) is 9.63. The molecular weight excluding hydrogens is 605 g/mol. The van der Waals surface area contributed by atoms with Gasteiger partial charge in [-0.2, -0.15) is 0 Å². The van der Waals surface area contributed by atoms with E-state index in [0.29, 0.717) is 0 Å².